The number of fused-ring (bicyclic) bond motifs is 3. The van der Waals surface area contributed by atoms with E-state index in [1.165, 1.54) is 18.2 Å². The second-order valence-corrected chi connectivity index (χ2v) is 5.25. The Morgan fingerprint density at radius 1 is 1.00 bits per heavy atom. The van der Waals surface area contributed by atoms with Crippen LogP contribution in [0.4, 0.5) is 11.4 Å². The molecule has 20 heavy (non-hydrogen) atoms. The van der Waals surface area contributed by atoms with Crippen molar-refractivity contribution in [2.75, 3.05) is 0 Å². The van der Waals surface area contributed by atoms with Crippen molar-refractivity contribution in [2.24, 2.45) is 0 Å². The summed E-state index contributed by atoms with van der Waals surface area (Å²) >= 11 is 3.26. The molecule has 1 aliphatic carbocycles. The number of nitro groups is 2. The maximum absolute atomic E-state index is 10.9. The number of non-ortho nitro benzene ring substituents is 1. The van der Waals surface area contributed by atoms with Gasteiger partial charge in [-0.2, -0.15) is 0 Å². The van der Waals surface area contributed by atoms with Crippen LogP contribution in [0, 0.1) is 20.2 Å². The molecule has 3 rings (SSSR count). The van der Waals surface area contributed by atoms with E-state index in [2.05, 4.69) is 15.9 Å². The third-order valence-corrected chi connectivity index (χ3v) is 4.26. The zero-order valence-electron chi connectivity index (χ0n) is 10.00. The van der Waals surface area contributed by atoms with Gasteiger partial charge in [-0.1, -0.05) is 0 Å². The Bertz CT molecular complexity index is 773. The Morgan fingerprint density at radius 3 is 2.35 bits per heavy atom. The second kappa shape index (κ2) is 4.38. The normalized spacial score (nSPS) is 11.8. The topological polar surface area (TPSA) is 86.3 Å². The van der Waals surface area contributed by atoms with Crippen LogP contribution >= 0.6 is 15.9 Å². The number of rotatable bonds is 2. The predicted molar refractivity (Wildman–Crippen MR) is 75.7 cm³/mol. The van der Waals surface area contributed by atoms with Crippen molar-refractivity contribution >= 4 is 27.3 Å². The van der Waals surface area contributed by atoms with Crippen LogP contribution in [0.5, 0.6) is 0 Å². The highest BCUT2D eigenvalue weighted by Gasteiger charge is 2.27. The van der Waals surface area contributed by atoms with Crippen molar-refractivity contribution in [2.45, 2.75) is 6.42 Å². The molecule has 0 amide bonds. The molecule has 2 aromatic carbocycles. The summed E-state index contributed by atoms with van der Waals surface area (Å²) in [5, 5.41) is 21.7. The van der Waals surface area contributed by atoms with Gasteiger partial charge in [-0.25, -0.2) is 0 Å². The molecule has 0 bridgehead atoms. The minimum Gasteiger partial charge on any atom is -0.258 e. The van der Waals surface area contributed by atoms with Crippen LogP contribution in [0.1, 0.15) is 11.1 Å². The van der Waals surface area contributed by atoms with E-state index in [4.69, 9.17) is 0 Å². The van der Waals surface area contributed by atoms with Gasteiger partial charge in [-0.15, -0.1) is 0 Å². The zero-order chi connectivity index (χ0) is 14.4. The maximum Gasteiger partial charge on any atom is 0.283 e. The van der Waals surface area contributed by atoms with Gasteiger partial charge < -0.3 is 0 Å². The summed E-state index contributed by atoms with van der Waals surface area (Å²) in [5.74, 6) is 0. The molecule has 0 heterocycles. The summed E-state index contributed by atoms with van der Waals surface area (Å²) in [5.41, 5.74) is 3.42. The first kappa shape index (κ1) is 12.7. The van der Waals surface area contributed by atoms with Gasteiger partial charge in [-0.05, 0) is 50.3 Å². The SMILES string of the molecule is O=[N+]([O-])c1ccc2c(c1)Cc1c-2ccc([N+](=O)[O-])c1Br. The first-order valence-corrected chi connectivity index (χ1v) is 6.52. The van der Waals surface area contributed by atoms with Gasteiger partial charge >= 0.3 is 0 Å². The summed E-state index contributed by atoms with van der Waals surface area (Å²) in [6, 6.07) is 7.80. The minimum absolute atomic E-state index is 0.00561. The van der Waals surface area contributed by atoms with E-state index in [1.54, 1.807) is 12.1 Å². The van der Waals surface area contributed by atoms with Gasteiger partial charge in [0, 0.05) is 24.6 Å². The standard InChI is InChI=1S/C13H7BrN2O4/c14-13-11-6-7-5-8(15(17)18)1-2-9(7)10(11)3-4-12(13)16(19)20/h1-5H,6H2. The molecule has 7 heteroatoms. The van der Waals surface area contributed by atoms with Gasteiger partial charge in [0.15, 0.2) is 0 Å². The lowest BCUT2D eigenvalue weighted by Crippen LogP contribution is -1.92. The molecule has 0 saturated carbocycles. The van der Waals surface area contributed by atoms with Crippen molar-refractivity contribution in [3.63, 3.8) is 0 Å². The summed E-state index contributed by atoms with van der Waals surface area (Å²) < 4.78 is 0.443. The zero-order valence-corrected chi connectivity index (χ0v) is 11.6. The van der Waals surface area contributed by atoms with Crippen LogP contribution in [0.3, 0.4) is 0 Å². The van der Waals surface area contributed by atoms with Gasteiger partial charge in [0.1, 0.15) is 0 Å². The fourth-order valence-electron chi connectivity index (χ4n) is 2.47. The van der Waals surface area contributed by atoms with E-state index < -0.39 is 9.85 Å². The Labute approximate surface area is 121 Å². The van der Waals surface area contributed by atoms with Crippen molar-refractivity contribution in [1.29, 1.82) is 0 Å². The summed E-state index contributed by atoms with van der Waals surface area (Å²) in [6.45, 7) is 0. The molecule has 0 aromatic heterocycles. The number of nitrogens with zero attached hydrogens (tertiary/aromatic N) is 2. The maximum atomic E-state index is 10.9. The highest BCUT2D eigenvalue weighted by molar-refractivity contribution is 9.10. The molecule has 0 radical (unpaired) electrons. The van der Waals surface area contributed by atoms with E-state index in [0.717, 1.165) is 22.3 Å². The molecule has 2 aromatic rings. The number of halogens is 1. The first-order chi connectivity index (χ1) is 9.49. The highest BCUT2D eigenvalue weighted by Crippen LogP contribution is 2.44. The molecule has 0 aliphatic heterocycles. The average Bonchev–Trinajstić information content (AvgIpc) is 2.77. The van der Waals surface area contributed by atoms with E-state index in [-0.39, 0.29) is 11.4 Å². The second-order valence-electron chi connectivity index (χ2n) is 4.46. The molecular formula is C13H7BrN2O4. The van der Waals surface area contributed by atoms with Crippen LogP contribution in [0.15, 0.2) is 34.8 Å². The van der Waals surface area contributed by atoms with E-state index in [0.29, 0.717) is 10.9 Å². The molecule has 0 fully saturated rings. The Hall–Kier alpha value is -2.28. The third kappa shape index (κ3) is 1.78. The lowest BCUT2D eigenvalue weighted by Gasteiger charge is -2.03. The van der Waals surface area contributed by atoms with Crippen LogP contribution in [-0.2, 0) is 6.42 Å². The van der Waals surface area contributed by atoms with Gasteiger partial charge in [0.2, 0.25) is 0 Å². The minimum atomic E-state index is -0.449. The number of hydrogen-bond donors (Lipinski definition) is 0. The van der Waals surface area contributed by atoms with Crippen molar-refractivity contribution in [3.8, 4) is 11.1 Å². The fraction of sp³-hybridized carbons (Fsp3) is 0.0769. The van der Waals surface area contributed by atoms with Crippen LogP contribution in [-0.4, -0.2) is 9.85 Å². The quantitative estimate of drug-likeness (QED) is 0.526. The molecule has 100 valence electrons. The van der Waals surface area contributed by atoms with E-state index in [1.807, 2.05) is 0 Å². The lowest BCUT2D eigenvalue weighted by atomic mass is 10.1. The van der Waals surface area contributed by atoms with Gasteiger partial charge in [0.25, 0.3) is 11.4 Å². The van der Waals surface area contributed by atoms with Crippen molar-refractivity contribution < 1.29 is 9.85 Å². The van der Waals surface area contributed by atoms with Crippen LogP contribution < -0.4 is 0 Å². The lowest BCUT2D eigenvalue weighted by molar-refractivity contribution is -0.385. The Kier molecular flexibility index (Phi) is 2.79. The number of benzene rings is 2. The van der Waals surface area contributed by atoms with Crippen molar-refractivity contribution in [3.05, 3.63) is 66.2 Å². The van der Waals surface area contributed by atoms with Crippen molar-refractivity contribution in [1.82, 2.24) is 0 Å². The smallest absolute Gasteiger partial charge is 0.258 e. The Balaban J connectivity index is 2.17. The largest absolute Gasteiger partial charge is 0.283 e. The fourth-order valence-corrected chi connectivity index (χ4v) is 3.10. The molecular weight excluding hydrogens is 328 g/mol. The first-order valence-electron chi connectivity index (χ1n) is 5.72. The molecule has 0 saturated heterocycles. The Morgan fingerprint density at radius 2 is 1.70 bits per heavy atom. The molecule has 0 unspecified atom stereocenters. The third-order valence-electron chi connectivity index (χ3n) is 3.38. The van der Waals surface area contributed by atoms with E-state index >= 15 is 0 Å². The monoisotopic (exact) mass is 334 g/mol. The van der Waals surface area contributed by atoms with E-state index in [9.17, 15) is 20.2 Å². The predicted octanol–water partition coefficient (Wildman–Crippen LogP) is 3.84. The summed E-state index contributed by atoms with van der Waals surface area (Å²) in [6.07, 6.45) is 0.453. The van der Waals surface area contributed by atoms with Gasteiger partial charge in [-0.3, -0.25) is 20.2 Å². The van der Waals surface area contributed by atoms with Crippen LogP contribution in [0.25, 0.3) is 11.1 Å². The molecule has 0 spiro atoms. The average molecular weight is 335 g/mol. The highest BCUT2D eigenvalue weighted by atomic mass is 79.9. The number of hydrogen-bond acceptors (Lipinski definition) is 4. The number of nitro benzene ring substituents is 2. The molecule has 6 nitrogen and oxygen atoms in total. The molecule has 0 N–H and O–H groups in total. The summed E-state index contributed by atoms with van der Waals surface area (Å²) in [7, 11) is 0. The van der Waals surface area contributed by atoms with Crippen LogP contribution in [0.2, 0.25) is 0 Å². The molecule has 1 aliphatic rings. The molecule has 0 atom stereocenters. The van der Waals surface area contributed by atoms with Gasteiger partial charge in [0.05, 0.1) is 14.3 Å². The summed E-state index contributed by atoms with van der Waals surface area (Å²) in [4.78, 5) is 20.8.